The summed E-state index contributed by atoms with van der Waals surface area (Å²) in [4.78, 5) is 24.7. The number of carbonyl (C=O) groups is 2. The molecule has 1 unspecified atom stereocenters. The maximum Gasteiger partial charge on any atom is 0.309 e. The Labute approximate surface area is 148 Å². The van der Waals surface area contributed by atoms with Crippen molar-refractivity contribution < 1.29 is 24.9 Å². The summed E-state index contributed by atoms with van der Waals surface area (Å²) in [6, 6.07) is 0. The van der Waals surface area contributed by atoms with Crippen molar-refractivity contribution in [3.05, 3.63) is 12.2 Å². The first-order valence-corrected chi connectivity index (χ1v) is 9.40. The van der Waals surface area contributed by atoms with E-state index in [9.17, 15) is 24.9 Å². The van der Waals surface area contributed by atoms with Gasteiger partial charge < -0.3 is 15.3 Å². The molecule has 25 heavy (non-hydrogen) atoms. The molecule has 4 aliphatic rings. The molecule has 8 atom stereocenters. The van der Waals surface area contributed by atoms with Gasteiger partial charge >= 0.3 is 11.9 Å². The fourth-order valence-corrected chi connectivity index (χ4v) is 7.85. The van der Waals surface area contributed by atoms with Gasteiger partial charge in [-0.3, -0.25) is 9.59 Å². The Kier molecular flexibility index (Phi) is 3.33. The Morgan fingerprint density at radius 3 is 2.48 bits per heavy atom. The zero-order chi connectivity index (χ0) is 18.4. The highest BCUT2D eigenvalue weighted by Crippen LogP contribution is 2.77. The highest BCUT2D eigenvalue weighted by atomic mass is 16.4. The molecule has 0 amide bonds. The molecule has 4 saturated carbocycles. The van der Waals surface area contributed by atoms with Crippen molar-refractivity contribution in [1.29, 1.82) is 0 Å². The van der Waals surface area contributed by atoms with E-state index in [1.807, 2.05) is 0 Å². The lowest BCUT2D eigenvalue weighted by Gasteiger charge is -2.50. The second-order valence-corrected chi connectivity index (χ2v) is 9.61. The highest BCUT2D eigenvalue weighted by Gasteiger charge is 2.76. The average molecular weight is 348 g/mol. The van der Waals surface area contributed by atoms with Crippen LogP contribution in [0.1, 0.15) is 52.4 Å². The third kappa shape index (κ3) is 1.83. The van der Waals surface area contributed by atoms with Crippen molar-refractivity contribution >= 4 is 11.9 Å². The molecule has 0 aromatic rings. The SMILES string of the molecule is C=C1C[C@@]23CC1[C@@H](O)C[C@H]2[C@]1(C)CCC[C@@](C)(C(=O)O)[C@H]1[C@@H]3C(=O)O. The number of fused-ring (bicyclic) bond motifs is 3. The van der Waals surface area contributed by atoms with E-state index in [1.165, 1.54) is 0 Å². The van der Waals surface area contributed by atoms with E-state index in [1.54, 1.807) is 6.92 Å². The number of rotatable bonds is 2. The molecule has 0 aromatic heterocycles. The van der Waals surface area contributed by atoms with Crippen LogP contribution >= 0.6 is 0 Å². The summed E-state index contributed by atoms with van der Waals surface area (Å²) in [6.45, 7) is 7.99. The molecule has 5 nitrogen and oxygen atoms in total. The third-order valence-corrected chi connectivity index (χ3v) is 8.63. The van der Waals surface area contributed by atoms with Crippen LogP contribution < -0.4 is 0 Å². The Balaban J connectivity index is 1.93. The van der Waals surface area contributed by atoms with Gasteiger partial charge in [0.05, 0.1) is 17.4 Å². The molecule has 3 N–H and O–H groups in total. The van der Waals surface area contributed by atoms with Crippen molar-refractivity contribution in [2.24, 2.45) is 39.9 Å². The molecular formula is C20H28O5. The lowest BCUT2D eigenvalue weighted by Crippen LogP contribution is -2.50. The van der Waals surface area contributed by atoms with Gasteiger partial charge in [0.15, 0.2) is 0 Å². The number of aliphatic hydroxyl groups excluding tert-OH is 1. The summed E-state index contributed by atoms with van der Waals surface area (Å²) in [5.41, 5.74) is -0.856. The summed E-state index contributed by atoms with van der Waals surface area (Å²) in [6.07, 6.45) is 3.55. The molecule has 1 spiro atoms. The predicted octanol–water partition coefficient (Wildman–Crippen LogP) is 2.93. The van der Waals surface area contributed by atoms with Crippen LogP contribution in [0, 0.1) is 39.9 Å². The largest absolute Gasteiger partial charge is 0.481 e. The minimum absolute atomic E-state index is 0.0297. The van der Waals surface area contributed by atoms with Crippen LogP contribution in [0.2, 0.25) is 0 Å². The molecular weight excluding hydrogens is 320 g/mol. The number of hydrogen-bond acceptors (Lipinski definition) is 3. The number of carboxylic acid groups (broad SMARTS) is 2. The standard InChI is InChI=1S/C20H28O5/c1-10-8-20-9-11(10)12(21)7-13(20)18(2)5-4-6-19(3,17(24)25)15(18)14(20)16(22)23/h11-15,21H,1,4-9H2,2-3H3,(H,22,23)(H,24,25)/t11?,12-,13-,14+,15-,18-,19+,20+/m0/s1. The van der Waals surface area contributed by atoms with Gasteiger partial charge in [-0.2, -0.15) is 0 Å². The van der Waals surface area contributed by atoms with Crippen molar-refractivity contribution in [1.82, 2.24) is 0 Å². The smallest absolute Gasteiger partial charge is 0.309 e. The van der Waals surface area contributed by atoms with Crippen LogP contribution in [0.25, 0.3) is 0 Å². The van der Waals surface area contributed by atoms with Gasteiger partial charge in [-0.25, -0.2) is 0 Å². The maximum atomic E-state index is 12.4. The fourth-order valence-electron chi connectivity index (χ4n) is 7.85. The first-order valence-electron chi connectivity index (χ1n) is 9.40. The highest BCUT2D eigenvalue weighted by molar-refractivity contribution is 5.79. The minimum atomic E-state index is -1.02. The van der Waals surface area contributed by atoms with Crippen LogP contribution in [0.15, 0.2) is 12.2 Å². The minimum Gasteiger partial charge on any atom is -0.481 e. The normalized spacial score (nSPS) is 54.0. The zero-order valence-corrected chi connectivity index (χ0v) is 15.0. The van der Waals surface area contributed by atoms with Crippen LogP contribution in [-0.2, 0) is 9.59 Å². The molecule has 0 saturated heterocycles. The van der Waals surface area contributed by atoms with Crippen molar-refractivity contribution in [3.63, 3.8) is 0 Å². The number of carboxylic acids is 2. The van der Waals surface area contributed by atoms with Crippen LogP contribution in [-0.4, -0.2) is 33.4 Å². The van der Waals surface area contributed by atoms with E-state index in [4.69, 9.17) is 0 Å². The first-order chi connectivity index (χ1) is 11.6. The lowest BCUT2D eigenvalue weighted by atomic mass is 9.53. The Morgan fingerprint density at radius 2 is 1.88 bits per heavy atom. The van der Waals surface area contributed by atoms with Crippen LogP contribution in [0.4, 0.5) is 0 Å². The molecule has 0 radical (unpaired) electrons. The molecule has 0 aliphatic heterocycles. The second-order valence-electron chi connectivity index (χ2n) is 9.61. The summed E-state index contributed by atoms with van der Waals surface area (Å²) in [5.74, 6) is -2.78. The van der Waals surface area contributed by atoms with E-state index >= 15 is 0 Å². The van der Waals surface area contributed by atoms with Gasteiger partial charge in [0.1, 0.15) is 0 Å². The summed E-state index contributed by atoms with van der Waals surface area (Å²) < 4.78 is 0. The number of aliphatic hydroxyl groups is 1. The molecule has 4 aliphatic carbocycles. The van der Waals surface area contributed by atoms with Gasteiger partial charge in [0.25, 0.3) is 0 Å². The number of aliphatic carboxylic acids is 2. The average Bonchev–Trinajstić information content (AvgIpc) is 2.92. The van der Waals surface area contributed by atoms with Crippen molar-refractivity contribution in [2.45, 2.75) is 58.5 Å². The Bertz CT molecular complexity index is 671. The summed E-state index contributed by atoms with van der Waals surface area (Å²) in [7, 11) is 0. The van der Waals surface area contributed by atoms with Gasteiger partial charge in [-0.15, -0.1) is 0 Å². The molecule has 0 aromatic carbocycles. The predicted molar refractivity (Wildman–Crippen MR) is 90.7 cm³/mol. The molecule has 138 valence electrons. The van der Waals surface area contributed by atoms with E-state index < -0.39 is 40.7 Å². The van der Waals surface area contributed by atoms with E-state index in [0.29, 0.717) is 25.7 Å². The van der Waals surface area contributed by atoms with Gasteiger partial charge in [0, 0.05) is 5.92 Å². The second kappa shape index (κ2) is 4.87. The van der Waals surface area contributed by atoms with E-state index in [-0.39, 0.29) is 17.3 Å². The van der Waals surface area contributed by atoms with Crippen LogP contribution in [0.5, 0.6) is 0 Å². The van der Waals surface area contributed by atoms with E-state index in [2.05, 4.69) is 13.5 Å². The quantitative estimate of drug-likeness (QED) is 0.667. The molecule has 2 bridgehead atoms. The molecule has 4 rings (SSSR count). The first kappa shape index (κ1) is 17.1. The van der Waals surface area contributed by atoms with E-state index in [0.717, 1.165) is 18.4 Å². The number of hydrogen-bond donors (Lipinski definition) is 3. The maximum absolute atomic E-state index is 12.4. The monoisotopic (exact) mass is 348 g/mol. The third-order valence-electron chi connectivity index (χ3n) is 8.63. The fraction of sp³-hybridized carbons (Fsp3) is 0.800. The molecule has 0 heterocycles. The Hall–Kier alpha value is -1.36. The van der Waals surface area contributed by atoms with Crippen LogP contribution in [0.3, 0.4) is 0 Å². The topological polar surface area (TPSA) is 94.8 Å². The van der Waals surface area contributed by atoms with Crippen molar-refractivity contribution in [3.8, 4) is 0 Å². The Morgan fingerprint density at radius 1 is 1.20 bits per heavy atom. The van der Waals surface area contributed by atoms with Gasteiger partial charge in [0.2, 0.25) is 0 Å². The van der Waals surface area contributed by atoms with Gasteiger partial charge in [-0.1, -0.05) is 25.5 Å². The van der Waals surface area contributed by atoms with Gasteiger partial charge in [-0.05, 0) is 61.7 Å². The molecule has 5 heteroatoms. The summed E-state index contributed by atoms with van der Waals surface area (Å²) in [5, 5.41) is 30.9. The molecule has 4 fully saturated rings. The zero-order valence-electron chi connectivity index (χ0n) is 15.0. The summed E-state index contributed by atoms with van der Waals surface area (Å²) >= 11 is 0. The van der Waals surface area contributed by atoms with Crippen molar-refractivity contribution in [2.75, 3.05) is 0 Å². The lowest BCUT2D eigenvalue weighted by molar-refractivity contribution is -0.166.